The Balaban J connectivity index is 1.50. The van der Waals surface area contributed by atoms with Crippen molar-refractivity contribution in [2.24, 2.45) is 0 Å². The molecule has 0 bridgehead atoms. The molecule has 4 aromatic rings. The van der Waals surface area contributed by atoms with Crippen molar-refractivity contribution in [2.75, 3.05) is 33.4 Å². The van der Waals surface area contributed by atoms with Gasteiger partial charge in [-0.05, 0) is 91.9 Å². The SMILES string of the molecule is COc1cc2oc(=O)c(-c3ccc(C(F)(F)F)cc3)c(Cc3ccc(OCCN4CCCC4)cc3)c2cc1C. The van der Waals surface area contributed by atoms with Crippen LogP contribution in [0.4, 0.5) is 13.2 Å². The quantitative estimate of drug-likeness (QED) is 0.230. The molecule has 1 fully saturated rings. The molecule has 39 heavy (non-hydrogen) atoms. The minimum Gasteiger partial charge on any atom is -0.496 e. The van der Waals surface area contributed by atoms with E-state index >= 15 is 0 Å². The second-order valence-corrected chi connectivity index (χ2v) is 9.85. The van der Waals surface area contributed by atoms with Crippen molar-refractivity contribution in [3.8, 4) is 22.6 Å². The van der Waals surface area contributed by atoms with E-state index in [0.29, 0.717) is 40.9 Å². The van der Waals surface area contributed by atoms with E-state index in [-0.39, 0.29) is 5.56 Å². The molecule has 1 aliphatic heterocycles. The molecule has 5 rings (SSSR count). The largest absolute Gasteiger partial charge is 0.496 e. The normalized spacial score (nSPS) is 14.2. The van der Waals surface area contributed by atoms with Gasteiger partial charge in [0.25, 0.3) is 0 Å². The Morgan fingerprint density at radius 1 is 0.974 bits per heavy atom. The molecule has 0 N–H and O–H groups in total. The summed E-state index contributed by atoms with van der Waals surface area (Å²) in [4.78, 5) is 15.6. The van der Waals surface area contributed by atoms with Gasteiger partial charge in [-0.1, -0.05) is 24.3 Å². The number of alkyl halides is 3. The molecule has 3 aromatic carbocycles. The lowest BCUT2D eigenvalue weighted by molar-refractivity contribution is -0.137. The first-order valence-electron chi connectivity index (χ1n) is 13.0. The first-order valence-corrected chi connectivity index (χ1v) is 13.0. The van der Waals surface area contributed by atoms with Crippen molar-refractivity contribution < 1.29 is 27.1 Å². The van der Waals surface area contributed by atoms with Crippen LogP contribution in [0.3, 0.4) is 0 Å². The van der Waals surface area contributed by atoms with Gasteiger partial charge in [-0.2, -0.15) is 13.2 Å². The molecule has 8 heteroatoms. The van der Waals surface area contributed by atoms with Crippen molar-refractivity contribution in [3.05, 3.63) is 93.3 Å². The number of benzene rings is 3. The molecule has 0 amide bonds. The van der Waals surface area contributed by atoms with Gasteiger partial charge in [0.05, 0.1) is 18.2 Å². The molecule has 2 heterocycles. The summed E-state index contributed by atoms with van der Waals surface area (Å²) in [5, 5.41) is 0.703. The third kappa shape index (κ3) is 5.96. The second-order valence-electron chi connectivity index (χ2n) is 9.85. The van der Waals surface area contributed by atoms with Crippen LogP contribution in [0.2, 0.25) is 0 Å². The molecule has 1 aromatic heterocycles. The van der Waals surface area contributed by atoms with Gasteiger partial charge in [-0.3, -0.25) is 4.90 Å². The van der Waals surface area contributed by atoms with Crippen LogP contribution in [0.25, 0.3) is 22.1 Å². The zero-order valence-corrected chi connectivity index (χ0v) is 21.9. The van der Waals surface area contributed by atoms with Crippen LogP contribution in [0, 0.1) is 6.92 Å². The van der Waals surface area contributed by atoms with Crippen LogP contribution in [-0.2, 0) is 12.6 Å². The fourth-order valence-electron chi connectivity index (χ4n) is 5.13. The van der Waals surface area contributed by atoms with Gasteiger partial charge in [-0.25, -0.2) is 4.79 Å². The second kappa shape index (κ2) is 11.1. The molecule has 0 saturated carbocycles. The lowest BCUT2D eigenvalue weighted by atomic mass is 9.92. The van der Waals surface area contributed by atoms with E-state index in [1.165, 1.54) is 25.0 Å². The number of halogens is 3. The third-order valence-corrected chi connectivity index (χ3v) is 7.21. The summed E-state index contributed by atoms with van der Waals surface area (Å²) < 4.78 is 56.5. The Hall–Kier alpha value is -3.78. The molecule has 204 valence electrons. The molecular weight excluding hydrogens is 507 g/mol. The van der Waals surface area contributed by atoms with Crippen molar-refractivity contribution in [2.45, 2.75) is 32.4 Å². The van der Waals surface area contributed by atoms with Gasteiger partial charge >= 0.3 is 11.8 Å². The standard InChI is InChI=1S/C31H30F3NO4/c1-20-17-25-26(18-21-5-11-24(12-6-21)38-16-15-35-13-3-4-14-35)29(30(36)39-28(25)19-27(20)37-2)22-7-9-23(10-8-22)31(32,33)34/h5-12,17,19H,3-4,13-16,18H2,1-2H3. The molecule has 0 atom stereocenters. The Morgan fingerprint density at radius 3 is 2.31 bits per heavy atom. The minimum absolute atomic E-state index is 0.242. The van der Waals surface area contributed by atoms with Crippen molar-refractivity contribution in [3.63, 3.8) is 0 Å². The highest BCUT2D eigenvalue weighted by Crippen LogP contribution is 2.35. The van der Waals surface area contributed by atoms with Crippen LogP contribution in [-0.4, -0.2) is 38.3 Å². The summed E-state index contributed by atoms with van der Waals surface area (Å²) in [7, 11) is 1.54. The summed E-state index contributed by atoms with van der Waals surface area (Å²) in [6.45, 7) is 5.64. The number of methoxy groups -OCH3 is 1. The third-order valence-electron chi connectivity index (χ3n) is 7.21. The van der Waals surface area contributed by atoms with Gasteiger partial charge in [0, 0.05) is 18.0 Å². The van der Waals surface area contributed by atoms with Crippen molar-refractivity contribution in [1.82, 2.24) is 4.90 Å². The summed E-state index contributed by atoms with van der Waals surface area (Å²) in [6.07, 6.45) is -1.62. The molecule has 5 nitrogen and oxygen atoms in total. The zero-order valence-electron chi connectivity index (χ0n) is 21.9. The number of rotatable bonds is 8. The van der Waals surface area contributed by atoms with E-state index in [2.05, 4.69) is 4.90 Å². The number of nitrogens with zero attached hydrogens (tertiary/aromatic N) is 1. The van der Waals surface area contributed by atoms with Gasteiger partial charge in [0.15, 0.2) is 0 Å². The van der Waals surface area contributed by atoms with E-state index in [1.54, 1.807) is 13.2 Å². The smallest absolute Gasteiger partial charge is 0.416 e. The van der Waals surface area contributed by atoms with Gasteiger partial charge < -0.3 is 13.9 Å². The van der Waals surface area contributed by atoms with Gasteiger partial charge in [0.1, 0.15) is 23.7 Å². The Morgan fingerprint density at radius 2 is 1.67 bits per heavy atom. The summed E-state index contributed by atoms with van der Waals surface area (Å²) in [5.41, 5.74) is 2.01. The molecule has 1 saturated heterocycles. The number of hydrogen-bond acceptors (Lipinski definition) is 5. The zero-order chi connectivity index (χ0) is 27.6. The predicted molar refractivity (Wildman–Crippen MR) is 145 cm³/mol. The predicted octanol–water partition coefficient (Wildman–Crippen LogP) is 6.86. The lowest BCUT2D eigenvalue weighted by Gasteiger charge is -2.16. The monoisotopic (exact) mass is 537 g/mol. The van der Waals surface area contributed by atoms with E-state index < -0.39 is 17.4 Å². The fraction of sp³-hybridized carbons (Fsp3) is 0.323. The Kier molecular flexibility index (Phi) is 7.66. The Labute approximate surface area is 224 Å². The summed E-state index contributed by atoms with van der Waals surface area (Å²) >= 11 is 0. The van der Waals surface area contributed by atoms with Crippen LogP contribution in [0.5, 0.6) is 11.5 Å². The van der Waals surface area contributed by atoms with Crippen molar-refractivity contribution in [1.29, 1.82) is 0 Å². The number of aryl methyl sites for hydroxylation is 1. The average Bonchev–Trinajstić information content (AvgIpc) is 3.43. The number of fused-ring (bicyclic) bond motifs is 1. The maximum Gasteiger partial charge on any atom is 0.416 e. The van der Waals surface area contributed by atoms with E-state index in [9.17, 15) is 18.0 Å². The molecule has 0 radical (unpaired) electrons. The number of likely N-dealkylation sites (tertiary alicyclic amines) is 1. The van der Waals surface area contributed by atoms with E-state index in [1.807, 2.05) is 37.3 Å². The lowest BCUT2D eigenvalue weighted by Crippen LogP contribution is -2.25. The van der Waals surface area contributed by atoms with Crippen LogP contribution in [0.1, 0.15) is 35.1 Å². The molecule has 1 aliphatic rings. The maximum atomic E-state index is 13.2. The van der Waals surface area contributed by atoms with Crippen LogP contribution < -0.4 is 15.1 Å². The highest BCUT2D eigenvalue weighted by Gasteiger charge is 2.30. The van der Waals surface area contributed by atoms with Crippen molar-refractivity contribution >= 4 is 11.0 Å². The minimum atomic E-state index is -4.47. The molecule has 0 aliphatic carbocycles. The maximum absolute atomic E-state index is 13.2. The van der Waals surface area contributed by atoms with Crippen LogP contribution >= 0.6 is 0 Å². The summed E-state index contributed by atoms with van der Waals surface area (Å²) in [5.74, 6) is 1.34. The highest BCUT2D eigenvalue weighted by molar-refractivity contribution is 5.89. The van der Waals surface area contributed by atoms with E-state index in [4.69, 9.17) is 13.9 Å². The van der Waals surface area contributed by atoms with Gasteiger partial charge in [0.2, 0.25) is 0 Å². The highest BCUT2D eigenvalue weighted by atomic mass is 19.4. The van der Waals surface area contributed by atoms with E-state index in [0.717, 1.165) is 48.6 Å². The number of ether oxygens (including phenoxy) is 2. The summed E-state index contributed by atoms with van der Waals surface area (Å²) in [6, 6.07) is 15.8. The molecule has 0 spiro atoms. The first-order chi connectivity index (χ1) is 18.7. The van der Waals surface area contributed by atoms with Gasteiger partial charge in [-0.15, -0.1) is 0 Å². The average molecular weight is 538 g/mol. The Bertz CT molecular complexity index is 1500. The molecule has 0 unspecified atom stereocenters. The first kappa shape index (κ1) is 26.8. The topological polar surface area (TPSA) is 51.9 Å². The number of hydrogen-bond donors (Lipinski definition) is 0. The fourth-order valence-corrected chi connectivity index (χ4v) is 5.13. The van der Waals surface area contributed by atoms with Crippen LogP contribution in [0.15, 0.2) is 69.9 Å². The molecular formula is C31H30F3NO4.